The van der Waals surface area contributed by atoms with Gasteiger partial charge in [0.05, 0.1) is 0 Å². The van der Waals surface area contributed by atoms with Crippen LogP contribution in [0.2, 0.25) is 0 Å². The van der Waals surface area contributed by atoms with E-state index in [0.29, 0.717) is 27.1 Å². The van der Waals surface area contributed by atoms with E-state index in [9.17, 15) is 4.79 Å². The summed E-state index contributed by atoms with van der Waals surface area (Å²) in [6, 6.07) is 2.35. The van der Waals surface area contributed by atoms with Gasteiger partial charge in [-0.15, -0.1) is 0 Å². The van der Waals surface area contributed by atoms with Gasteiger partial charge in [0, 0.05) is 0 Å². The molecule has 1 aromatic rings. The number of rotatable bonds is 2. The number of aromatic nitrogens is 1. The van der Waals surface area contributed by atoms with Crippen LogP contribution in [0.15, 0.2) is 12.3 Å². The molecule has 1 aromatic heterocycles. The number of aryl methyl sites for hydroxylation is 1. The molecule has 23 heavy (non-hydrogen) atoms. The summed E-state index contributed by atoms with van der Waals surface area (Å²) >= 11 is 0.434. The number of piperidine rings is 1. The normalized spacial score (nSPS) is 22.4. The molecule has 128 valence electrons. The average molecular weight is 429 g/mol. The Morgan fingerprint density at radius 2 is 2.00 bits per heavy atom. The van der Waals surface area contributed by atoms with Gasteiger partial charge in [0.1, 0.15) is 0 Å². The molecule has 2 fully saturated rings. The second-order valence-electron chi connectivity index (χ2n) is 7.49. The minimum absolute atomic E-state index is 0.186. The molecular weight excluding hydrogens is 403 g/mol. The van der Waals surface area contributed by atoms with Crippen molar-refractivity contribution < 1.29 is 30.7 Å². The summed E-state index contributed by atoms with van der Waals surface area (Å²) in [6.45, 7) is 9.44. The number of hydrogen-bond donors (Lipinski definition) is 0. The van der Waals surface area contributed by atoms with Crippen molar-refractivity contribution in [3.63, 3.8) is 0 Å². The Bertz CT molecular complexity index is 585. The van der Waals surface area contributed by atoms with Crippen LogP contribution in [0.5, 0.6) is 0 Å². The van der Waals surface area contributed by atoms with Crippen molar-refractivity contribution >= 4 is 6.09 Å². The fourth-order valence-corrected chi connectivity index (χ4v) is 4.70. The predicted molar refractivity (Wildman–Crippen MR) is 86.4 cm³/mol. The quantitative estimate of drug-likeness (QED) is 0.512. The number of halogens is 1. The fraction of sp³-hybridized carbons (Fsp3) is 0.667. The molecule has 0 spiro atoms. The first-order valence-electron chi connectivity index (χ1n) is 8.35. The van der Waals surface area contributed by atoms with E-state index in [1.807, 2.05) is 25.7 Å². The molecule has 1 amide bonds. The maximum atomic E-state index is 12.1. The first-order valence-corrected chi connectivity index (χ1v) is 11.1. The SMILES string of the molecule is Cc1cc(C2C[I-]2)cnc1C1CCN(C(=O)OC(C)(C)C)CC1. The first kappa shape index (κ1) is 17.0. The predicted octanol–water partition coefficient (Wildman–Crippen LogP) is 0.648. The van der Waals surface area contributed by atoms with Crippen molar-refractivity contribution in [3.05, 3.63) is 29.1 Å². The van der Waals surface area contributed by atoms with Gasteiger partial charge < -0.3 is 0 Å². The van der Waals surface area contributed by atoms with E-state index in [-0.39, 0.29) is 6.09 Å². The summed E-state index contributed by atoms with van der Waals surface area (Å²) in [5, 5.41) is 0. The van der Waals surface area contributed by atoms with E-state index in [4.69, 9.17) is 9.72 Å². The summed E-state index contributed by atoms with van der Waals surface area (Å²) in [4.78, 5) is 18.8. The summed E-state index contributed by atoms with van der Waals surface area (Å²) in [6.07, 6.45) is 3.86. The molecule has 1 atom stereocenters. The second kappa shape index (κ2) is 6.57. The molecule has 2 saturated heterocycles. The van der Waals surface area contributed by atoms with Gasteiger partial charge in [-0.2, -0.15) is 0 Å². The van der Waals surface area contributed by atoms with Crippen LogP contribution in [0.1, 0.15) is 60.3 Å². The molecule has 0 N–H and O–H groups in total. The Hall–Kier alpha value is -0.850. The van der Waals surface area contributed by atoms with Crippen molar-refractivity contribution in [2.45, 2.75) is 56.0 Å². The second-order valence-corrected chi connectivity index (χ2v) is 10.8. The van der Waals surface area contributed by atoms with E-state index < -0.39 is 5.60 Å². The molecule has 5 heteroatoms. The van der Waals surface area contributed by atoms with Crippen molar-refractivity contribution in [2.75, 3.05) is 17.5 Å². The van der Waals surface area contributed by atoms with Crippen molar-refractivity contribution in [2.24, 2.45) is 0 Å². The van der Waals surface area contributed by atoms with Crippen LogP contribution in [-0.2, 0) is 4.74 Å². The standard InChI is InChI=1S/C18H26IN2O2/c1-12-9-14(15-10-19-15)11-20-16(12)13-5-7-21(8-6-13)17(22)23-18(2,3)4/h9,11,13,15H,5-8,10H2,1-4H3/q-1. The molecule has 0 bridgehead atoms. The molecule has 4 nitrogen and oxygen atoms in total. The van der Waals surface area contributed by atoms with Gasteiger partial charge in [0.2, 0.25) is 0 Å². The van der Waals surface area contributed by atoms with Crippen LogP contribution in [0.4, 0.5) is 4.79 Å². The van der Waals surface area contributed by atoms with Gasteiger partial charge in [-0.05, 0) is 20.8 Å². The third kappa shape index (κ3) is 4.37. The van der Waals surface area contributed by atoms with Gasteiger partial charge in [-0.3, -0.25) is 0 Å². The molecule has 0 saturated carbocycles. The van der Waals surface area contributed by atoms with E-state index in [1.165, 1.54) is 21.2 Å². The number of carbonyl (C=O) groups is 1. The average Bonchev–Trinajstić information content (AvgIpc) is 3.30. The topological polar surface area (TPSA) is 42.4 Å². The molecular formula is C18H26IN2O2-. The Labute approximate surface area is 149 Å². The Kier molecular flexibility index (Phi) is 4.85. The zero-order valence-corrected chi connectivity index (χ0v) is 16.6. The van der Waals surface area contributed by atoms with Crippen molar-refractivity contribution in [1.29, 1.82) is 0 Å². The molecule has 0 aromatic carbocycles. The summed E-state index contributed by atoms with van der Waals surface area (Å²) in [5.41, 5.74) is 3.59. The fourth-order valence-electron chi connectivity index (χ4n) is 3.09. The van der Waals surface area contributed by atoms with Crippen LogP contribution in [0, 0.1) is 6.92 Å². The van der Waals surface area contributed by atoms with Crippen LogP contribution < -0.4 is 21.2 Å². The minimum atomic E-state index is -0.423. The van der Waals surface area contributed by atoms with Crippen molar-refractivity contribution in [3.8, 4) is 0 Å². The van der Waals surface area contributed by atoms with Crippen LogP contribution in [0.25, 0.3) is 0 Å². The summed E-state index contributed by atoms with van der Waals surface area (Å²) in [7, 11) is 0. The number of hydrogen-bond acceptors (Lipinski definition) is 3. The number of pyridine rings is 1. The van der Waals surface area contributed by atoms with Gasteiger partial charge in [-0.25, -0.2) is 0 Å². The van der Waals surface area contributed by atoms with E-state index in [0.717, 1.165) is 29.9 Å². The number of nitrogens with zero attached hydrogens (tertiary/aromatic N) is 2. The van der Waals surface area contributed by atoms with E-state index in [2.05, 4.69) is 19.2 Å². The van der Waals surface area contributed by atoms with E-state index in [1.54, 1.807) is 0 Å². The number of likely N-dealkylation sites (tertiary alicyclic amines) is 1. The molecule has 0 aliphatic carbocycles. The van der Waals surface area contributed by atoms with Gasteiger partial charge in [0.25, 0.3) is 0 Å². The molecule has 1 unspecified atom stereocenters. The molecule has 3 rings (SSSR count). The zero-order chi connectivity index (χ0) is 16.6. The number of alkyl halides is 2. The Morgan fingerprint density at radius 1 is 1.35 bits per heavy atom. The van der Waals surface area contributed by atoms with Gasteiger partial charge in [0.15, 0.2) is 0 Å². The van der Waals surface area contributed by atoms with Crippen molar-refractivity contribution in [1.82, 2.24) is 9.88 Å². The molecule has 2 aliphatic heterocycles. The summed E-state index contributed by atoms with van der Waals surface area (Å²) < 4.78 is 7.75. The number of amides is 1. The molecule has 3 heterocycles. The van der Waals surface area contributed by atoms with E-state index >= 15 is 0 Å². The molecule has 2 aliphatic rings. The van der Waals surface area contributed by atoms with Gasteiger partial charge >= 0.3 is 129 Å². The van der Waals surface area contributed by atoms with Crippen LogP contribution in [-0.4, -0.2) is 39.1 Å². The number of carbonyl (C=O) groups excluding carboxylic acids is 1. The third-order valence-electron chi connectivity index (χ3n) is 4.34. The Balaban J connectivity index is 1.59. The monoisotopic (exact) mass is 429 g/mol. The maximum absolute atomic E-state index is 12.1. The third-order valence-corrected chi connectivity index (χ3v) is 6.82. The van der Waals surface area contributed by atoms with Gasteiger partial charge in [-0.1, -0.05) is 0 Å². The molecule has 0 radical (unpaired) electrons. The van der Waals surface area contributed by atoms with Crippen LogP contribution >= 0.6 is 0 Å². The zero-order valence-electron chi connectivity index (χ0n) is 14.4. The first-order chi connectivity index (χ1) is 10.8. The van der Waals surface area contributed by atoms with Crippen LogP contribution in [0.3, 0.4) is 0 Å². The Morgan fingerprint density at radius 3 is 2.52 bits per heavy atom. The number of ether oxygens (including phenoxy) is 1. The summed E-state index contributed by atoms with van der Waals surface area (Å²) in [5.74, 6) is 0.469.